The number of ether oxygens (including phenoxy) is 2. The number of piperidine rings is 1. The number of hydrogen-bond donors (Lipinski definition) is 1. The number of fused-ring (bicyclic) bond motifs is 2. The first-order valence-electron chi connectivity index (χ1n) is 13.4. The summed E-state index contributed by atoms with van der Waals surface area (Å²) in [6.45, 7) is 9.90. The van der Waals surface area contributed by atoms with Gasteiger partial charge in [0.15, 0.2) is 5.65 Å². The molecule has 1 aromatic carbocycles. The van der Waals surface area contributed by atoms with E-state index in [9.17, 15) is 4.79 Å². The van der Waals surface area contributed by atoms with E-state index in [1.807, 2.05) is 70.7 Å². The predicted octanol–water partition coefficient (Wildman–Crippen LogP) is 5.33. The second-order valence-corrected chi connectivity index (χ2v) is 12.5. The van der Waals surface area contributed by atoms with Crippen molar-refractivity contribution in [3.8, 4) is 0 Å². The molecule has 39 heavy (non-hydrogen) atoms. The fourth-order valence-electron chi connectivity index (χ4n) is 5.76. The topological polar surface area (TPSA) is 93.9 Å². The quantitative estimate of drug-likeness (QED) is 0.367. The summed E-state index contributed by atoms with van der Waals surface area (Å²) >= 11 is 1.59. The maximum Gasteiger partial charge on any atom is 0.407 e. The van der Waals surface area contributed by atoms with E-state index in [-0.39, 0.29) is 23.7 Å². The molecule has 5 heterocycles. The van der Waals surface area contributed by atoms with Crippen LogP contribution in [-0.2, 0) is 9.47 Å². The highest BCUT2D eigenvalue weighted by Gasteiger charge is 2.50. The fraction of sp³-hybridized carbons (Fsp3) is 0.448. The van der Waals surface area contributed by atoms with Gasteiger partial charge in [0.1, 0.15) is 10.6 Å². The molecule has 0 unspecified atom stereocenters. The van der Waals surface area contributed by atoms with Crippen molar-refractivity contribution in [3.05, 3.63) is 55.1 Å². The van der Waals surface area contributed by atoms with Gasteiger partial charge in [-0.05, 0) is 52.0 Å². The van der Waals surface area contributed by atoms with Crippen LogP contribution in [0.4, 0.5) is 10.7 Å². The molecule has 2 aliphatic rings. The van der Waals surface area contributed by atoms with Crippen LogP contribution in [-0.4, -0.2) is 62.9 Å². The van der Waals surface area contributed by atoms with Crippen LogP contribution in [0.1, 0.15) is 40.5 Å². The molecule has 4 aromatic rings. The monoisotopic (exact) mass is 546 g/mol. The molecule has 1 N–H and O–H groups in total. The van der Waals surface area contributed by atoms with Gasteiger partial charge in [-0.3, -0.25) is 4.40 Å². The van der Waals surface area contributed by atoms with E-state index in [0.717, 1.165) is 58.2 Å². The zero-order valence-corrected chi connectivity index (χ0v) is 23.6. The van der Waals surface area contributed by atoms with Crippen molar-refractivity contribution in [2.24, 2.45) is 5.41 Å². The Morgan fingerprint density at radius 2 is 1.92 bits per heavy atom. The maximum atomic E-state index is 12.6. The second-order valence-electron chi connectivity index (χ2n) is 11.5. The molecule has 2 fully saturated rings. The molecular weight excluding hydrogens is 512 g/mol. The lowest BCUT2D eigenvalue weighted by Gasteiger charge is -2.43. The third kappa shape index (κ3) is 5.03. The predicted molar refractivity (Wildman–Crippen MR) is 151 cm³/mol. The standard InChI is InChI=1S/C29H34N6O3S/c1-19-23(33-27(36)38-28(2,3)4)29(18-37-19)10-14-34(15-11-29)26-32-17-22(24-30-13-16-35(24)26)39-25-21-8-6-5-7-20(21)9-12-31-25/h5-9,12-13,16-17,19,23H,10-11,14-15,18H2,1-4H3,(H,33,36)/t19-,23+/m0/s1. The van der Waals surface area contributed by atoms with Crippen molar-refractivity contribution in [1.82, 2.24) is 24.7 Å². The molecule has 9 nitrogen and oxygen atoms in total. The Morgan fingerprint density at radius 1 is 1.13 bits per heavy atom. The first-order chi connectivity index (χ1) is 18.7. The number of carbonyl (C=O) groups excluding carboxylic acids is 1. The lowest BCUT2D eigenvalue weighted by molar-refractivity contribution is 0.0434. The average Bonchev–Trinajstić information content (AvgIpc) is 3.51. The van der Waals surface area contributed by atoms with Crippen molar-refractivity contribution >= 4 is 40.2 Å². The van der Waals surface area contributed by atoms with Gasteiger partial charge >= 0.3 is 6.09 Å². The third-order valence-electron chi connectivity index (χ3n) is 7.69. The Hall–Kier alpha value is -3.37. The molecule has 10 heteroatoms. The van der Waals surface area contributed by atoms with Crippen LogP contribution in [0.25, 0.3) is 16.4 Å². The van der Waals surface area contributed by atoms with Crippen LogP contribution in [0.5, 0.6) is 0 Å². The molecule has 204 valence electrons. The summed E-state index contributed by atoms with van der Waals surface area (Å²) in [6.07, 6.45) is 8.85. The number of aromatic nitrogens is 4. The molecule has 1 spiro atoms. The number of nitrogens with zero attached hydrogens (tertiary/aromatic N) is 5. The number of anilines is 1. The minimum atomic E-state index is -0.542. The van der Waals surface area contributed by atoms with E-state index >= 15 is 0 Å². The summed E-state index contributed by atoms with van der Waals surface area (Å²) in [5, 5.41) is 6.33. The number of amides is 1. The van der Waals surface area contributed by atoms with Crippen molar-refractivity contribution in [2.45, 2.75) is 68.2 Å². The van der Waals surface area contributed by atoms with Crippen LogP contribution in [0, 0.1) is 5.41 Å². The van der Waals surface area contributed by atoms with Gasteiger partial charge in [0.2, 0.25) is 5.95 Å². The average molecular weight is 547 g/mol. The highest BCUT2D eigenvalue weighted by Crippen LogP contribution is 2.43. The van der Waals surface area contributed by atoms with E-state index < -0.39 is 5.60 Å². The Kier molecular flexibility index (Phi) is 6.63. The zero-order valence-electron chi connectivity index (χ0n) is 22.8. The molecule has 2 atom stereocenters. The number of pyridine rings is 1. The van der Waals surface area contributed by atoms with E-state index in [1.54, 1.807) is 11.8 Å². The van der Waals surface area contributed by atoms with Gasteiger partial charge < -0.3 is 19.7 Å². The summed E-state index contributed by atoms with van der Waals surface area (Å²) in [6, 6.07) is 10.2. The summed E-state index contributed by atoms with van der Waals surface area (Å²) in [5.74, 6) is 0.871. The Morgan fingerprint density at radius 3 is 2.72 bits per heavy atom. The number of benzene rings is 1. The molecule has 3 aromatic heterocycles. The first-order valence-corrected chi connectivity index (χ1v) is 14.2. The van der Waals surface area contributed by atoms with Crippen molar-refractivity contribution in [3.63, 3.8) is 0 Å². The molecule has 6 rings (SSSR count). The third-order valence-corrected chi connectivity index (χ3v) is 8.72. The summed E-state index contributed by atoms with van der Waals surface area (Å²) in [4.78, 5) is 30.1. The molecule has 2 aliphatic heterocycles. The van der Waals surface area contributed by atoms with Gasteiger partial charge in [0.05, 0.1) is 23.6 Å². The van der Waals surface area contributed by atoms with Crippen LogP contribution in [0.15, 0.2) is 65.0 Å². The van der Waals surface area contributed by atoms with Crippen LogP contribution in [0.3, 0.4) is 0 Å². The molecule has 0 bridgehead atoms. The van der Waals surface area contributed by atoms with Crippen LogP contribution < -0.4 is 10.2 Å². The van der Waals surface area contributed by atoms with E-state index in [1.165, 1.54) is 0 Å². The molecule has 2 saturated heterocycles. The van der Waals surface area contributed by atoms with Gasteiger partial charge in [-0.2, -0.15) is 0 Å². The summed E-state index contributed by atoms with van der Waals surface area (Å²) in [5.41, 5.74) is 0.193. The SMILES string of the molecule is C[C@@H]1OCC2(CCN(c3ncc(Sc4nccc5ccccc45)c4nccn34)CC2)[C@@H]1NC(=O)OC(C)(C)C. The second kappa shape index (κ2) is 9.98. The zero-order chi connectivity index (χ0) is 27.2. The molecule has 1 amide bonds. The highest BCUT2D eigenvalue weighted by molar-refractivity contribution is 7.99. The van der Waals surface area contributed by atoms with E-state index in [4.69, 9.17) is 14.5 Å². The smallest absolute Gasteiger partial charge is 0.407 e. The lowest BCUT2D eigenvalue weighted by atomic mass is 9.73. The number of hydrogen-bond acceptors (Lipinski definition) is 8. The number of nitrogens with one attached hydrogen (secondary N) is 1. The van der Waals surface area contributed by atoms with Gasteiger partial charge in [-0.15, -0.1) is 0 Å². The van der Waals surface area contributed by atoms with Gasteiger partial charge in [0.25, 0.3) is 0 Å². The molecule has 0 radical (unpaired) electrons. The van der Waals surface area contributed by atoms with Gasteiger partial charge in [-0.1, -0.05) is 36.0 Å². The van der Waals surface area contributed by atoms with Gasteiger partial charge in [0, 0.05) is 48.7 Å². The van der Waals surface area contributed by atoms with Crippen LogP contribution >= 0.6 is 11.8 Å². The highest BCUT2D eigenvalue weighted by atomic mass is 32.2. The summed E-state index contributed by atoms with van der Waals surface area (Å²) in [7, 11) is 0. The number of imidazole rings is 1. The van der Waals surface area contributed by atoms with Crippen molar-refractivity contribution in [1.29, 1.82) is 0 Å². The maximum absolute atomic E-state index is 12.6. The summed E-state index contributed by atoms with van der Waals surface area (Å²) < 4.78 is 13.7. The Balaban J connectivity index is 1.20. The minimum absolute atomic E-state index is 0.0680. The number of rotatable bonds is 4. The Bertz CT molecular complexity index is 1500. The molecule has 0 saturated carbocycles. The normalized spacial score (nSPS) is 21.1. The van der Waals surface area contributed by atoms with Gasteiger partial charge in [-0.25, -0.2) is 19.7 Å². The van der Waals surface area contributed by atoms with Crippen molar-refractivity contribution in [2.75, 3.05) is 24.6 Å². The van der Waals surface area contributed by atoms with E-state index in [2.05, 4.69) is 36.7 Å². The first kappa shape index (κ1) is 25.9. The number of alkyl carbamates (subject to hydrolysis) is 1. The number of carbonyl (C=O) groups is 1. The van der Waals surface area contributed by atoms with Crippen molar-refractivity contribution < 1.29 is 14.3 Å². The lowest BCUT2D eigenvalue weighted by Crippen LogP contribution is -2.55. The molecular formula is C29H34N6O3S. The fourth-order valence-corrected chi connectivity index (χ4v) is 6.73. The van der Waals surface area contributed by atoms with Crippen LogP contribution in [0.2, 0.25) is 0 Å². The molecule has 0 aliphatic carbocycles. The van der Waals surface area contributed by atoms with E-state index in [0.29, 0.717) is 6.61 Å². The Labute approximate surface area is 232 Å². The minimum Gasteiger partial charge on any atom is -0.444 e. The largest absolute Gasteiger partial charge is 0.444 e.